The van der Waals surface area contributed by atoms with E-state index in [1.807, 2.05) is 6.92 Å². The predicted molar refractivity (Wildman–Crippen MR) is 80.0 cm³/mol. The maximum absolute atomic E-state index is 11.7. The van der Waals surface area contributed by atoms with Crippen LogP contribution in [0.3, 0.4) is 0 Å². The van der Waals surface area contributed by atoms with Gasteiger partial charge >= 0.3 is 0 Å². The lowest BCUT2D eigenvalue weighted by Crippen LogP contribution is -2.07. The standard InChI is InChI=1S/C13H12N4O3S/c1-2-12-15-16-13(21-12)14-11(18)8-7-9-5-3-4-6-10(9)17(19)20/h3-8H,2H2,1H3,(H,14,16,18)/b8-7+. The average Bonchev–Trinajstić information content (AvgIpc) is 2.93. The van der Waals surface area contributed by atoms with E-state index in [1.54, 1.807) is 18.2 Å². The van der Waals surface area contributed by atoms with E-state index in [9.17, 15) is 14.9 Å². The molecule has 0 atom stereocenters. The molecule has 1 heterocycles. The summed E-state index contributed by atoms with van der Waals surface area (Å²) < 4.78 is 0. The second-order valence-corrected chi connectivity index (χ2v) is 5.06. The van der Waals surface area contributed by atoms with Gasteiger partial charge in [0, 0.05) is 12.1 Å². The highest BCUT2D eigenvalue weighted by Gasteiger charge is 2.10. The van der Waals surface area contributed by atoms with Gasteiger partial charge in [0.05, 0.1) is 10.5 Å². The van der Waals surface area contributed by atoms with Crippen LogP contribution in [0.25, 0.3) is 6.08 Å². The number of amides is 1. The van der Waals surface area contributed by atoms with Crippen molar-refractivity contribution in [1.29, 1.82) is 0 Å². The first kappa shape index (κ1) is 14.8. The Morgan fingerprint density at radius 3 is 2.86 bits per heavy atom. The summed E-state index contributed by atoms with van der Waals surface area (Å²) in [7, 11) is 0. The van der Waals surface area contributed by atoms with E-state index in [2.05, 4.69) is 15.5 Å². The largest absolute Gasteiger partial charge is 0.297 e. The number of aryl methyl sites for hydroxylation is 1. The van der Waals surface area contributed by atoms with Gasteiger partial charge in [-0.25, -0.2) is 0 Å². The van der Waals surface area contributed by atoms with E-state index >= 15 is 0 Å². The molecule has 0 unspecified atom stereocenters. The molecule has 0 radical (unpaired) electrons. The van der Waals surface area contributed by atoms with Crippen molar-refractivity contribution in [2.75, 3.05) is 5.32 Å². The molecule has 0 saturated carbocycles. The van der Waals surface area contributed by atoms with Crippen LogP contribution in [0.4, 0.5) is 10.8 Å². The third-order valence-corrected chi connectivity index (χ3v) is 3.53. The molecule has 21 heavy (non-hydrogen) atoms. The summed E-state index contributed by atoms with van der Waals surface area (Å²) in [4.78, 5) is 22.1. The van der Waals surface area contributed by atoms with Gasteiger partial charge in [-0.15, -0.1) is 10.2 Å². The Hall–Kier alpha value is -2.61. The maximum atomic E-state index is 11.7. The topological polar surface area (TPSA) is 98.0 Å². The number of anilines is 1. The molecule has 1 aromatic carbocycles. The maximum Gasteiger partial charge on any atom is 0.276 e. The number of benzene rings is 1. The van der Waals surface area contributed by atoms with E-state index in [4.69, 9.17) is 0 Å². The normalized spacial score (nSPS) is 10.7. The van der Waals surface area contributed by atoms with Crippen LogP contribution in [0.5, 0.6) is 0 Å². The molecule has 2 aromatic rings. The van der Waals surface area contributed by atoms with Crippen molar-refractivity contribution in [2.45, 2.75) is 13.3 Å². The molecule has 1 N–H and O–H groups in total. The van der Waals surface area contributed by atoms with Crippen molar-refractivity contribution in [3.05, 3.63) is 51.0 Å². The fraction of sp³-hybridized carbons (Fsp3) is 0.154. The Morgan fingerprint density at radius 2 is 2.19 bits per heavy atom. The van der Waals surface area contributed by atoms with Gasteiger partial charge in [-0.05, 0) is 18.6 Å². The zero-order chi connectivity index (χ0) is 15.2. The summed E-state index contributed by atoms with van der Waals surface area (Å²) in [6, 6.07) is 6.20. The zero-order valence-electron chi connectivity index (χ0n) is 11.1. The number of hydrogen-bond acceptors (Lipinski definition) is 6. The van der Waals surface area contributed by atoms with Gasteiger partial charge in [0.15, 0.2) is 0 Å². The molecule has 2 rings (SSSR count). The van der Waals surface area contributed by atoms with Gasteiger partial charge in [-0.3, -0.25) is 20.2 Å². The molecule has 8 heteroatoms. The third-order valence-electron chi connectivity index (χ3n) is 2.55. The van der Waals surface area contributed by atoms with Crippen LogP contribution in [0.15, 0.2) is 30.3 Å². The predicted octanol–water partition coefficient (Wildman–Crippen LogP) is 2.66. The molecule has 1 amide bonds. The molecule has 0 aliphatic carbocycles. The van der Waals surface area contributed by atoms with E-state index in [1.165, 1.54) is 29.6 Å². The molecule has 0 aliphatic heterocycles. The number of nitro benzene ring substituents is 1. The van der Waals surface area contributed by atoms with Crippen molar-refractivity contribution >= 4 is 34.1 Å². The van der Waals surface area contributed by atoms with Gasteiger partial charge in [0.1, 0.15) is 5.01 Å². The number of aromatic nitrogens is 2. The van der Waals surface area contributed by atoms with E-state index in [0.717, 1.165) is 11.4 Å². The van der Waals surface area contributed by atoms with E-state index in [-0.39, 0.29) is 5.69 Å². The summed E-state index contributed by atoms with van der Waals surface area (Å²) >= 11 is 1.29. The van der Waals surface area contributed by atoms with Crippen LogP contribution in [0.2, 0.25) is 0 Å². The fourth-order valence-electron chi connectivity index (χ4n) is 1.55. The third kappa shape index (κ3) is 3.93. The number of nitro groups is 1. The van der Waals surface area contributed by atoms with Crippen LogP contribution in [0.1, 0.15) is 17.5 Å². The second kappa shape index (κ2) is 6.71. The number of nitrogens with zero attached hydrogens (tertiary/aromatic N) is 3. The molecule has 0 aliphatic rings. The molecule has 0 spiro atoms. The quantitative estimate of drug-likeness (QED) is 0.520. The smallest absolute Gasteiger partial charge is 0.276 e. The van der Waals surface area contributed by atoms with Crippen molar-refractivity contribution in [2.24, 2.45) is 0 Å². The Labute approximate surface area is 124 Å². The summed E-state index contributed by atoms with van der Waals surface area (Å²) in [5, 5.41) is 22.4. The highest BCUT2D eigenvalue weighted by atomic mass is 32.1. The van der Waals surface area contributed by atoms with Crippen LogP contribution in [-0.4, -0.2) is 21.0 Å². The number of para-hydroxylation sites is 1. The van der Waals surface area contributed by atoms with Crippen molar-refractivity contribution in [1.82, 2.24) is 10.2 Å². The summed E-state index contributed by atoms with van der Waals surface area (Å²) in [6.07, 6.45) is 3.38. The summed E-state index contributed by atoms with van der Waals surface area (Å²) in [6.45, 7) is 1.94. The molecule has 0 bridgehead atoms. The minimum Gasteiger partial charge on any atom is -0.297 e. The molecule has 0 fully saturated rings. The van der Waals surface area contributed by atoms with E-state index in [0.29, 0.717) is 10.7 Å². The zero-order valence-corrected chi connectivity index (χ0v) is 12.0. The Kier molecular flexibility index (Phi) is 4.72. The molecule has 1 aromatic heterocycles. The Balaban J connectivity index is 2.07. The van der Waals surface area contributed by atoms with Crippen LogP contribution < -0.4 is 5.32 Å². The first-order chi connectivity index (χ1) is 10.1. The highest BCUT2D eigenvalue weighted by molar-refractivity contribution is 7.15. The van der Waals surface area contributed by atoms with Gasteiger partial charge in [0.25, 0.3) is 5.69 Å². The Morgan fingerprint density at radius 1 is 1.43 bits per heavy atom. The SMILES string of the molecule is CCc1nnc(NC(=O)/C=C/c2ccccc2[N+](=O)[O-])s1. The second-order valence-electron chi connectivity index (χ2n) is 3.99. The number of nitrogens with one attached hydrogen (secondary N) is 1. The van der Waals surface area contributed by atoms with Crippen molar-refractivity contribution < 1.29 is 9.72 Å². The van der Waals surface area contributed by atoms with E-state index < -0.39 is 10.8 Å². The number of carbonyl (C=O) groups is 1. The van der Waals surface area contributed by atoms with Crippen LogP contribution in [-0.2, 0) is 11.2 Å². The Bertz CT molecular complexity index is 696. The fourth-order valence-corrected chi connectivity index (χ4v) is 2.24. The lowest BCUT2D eigenvalue weighted by Gasteiger charge is -1.97. The molecular formula is C13H12N4O3S. The highest BCUT2D eigenvalue weighted by Crippen LogP contribution is 2.19. The average molecular weight is 304 g/mol. The monoisotopic (exact) mass is 304 g/mol. The molecule has 108 valence electrons. The summed E-state index contributed by atoms with van der Waals surface area (Å²) in [5.41, 5.74) is 0.315. The van der Waals surface area contributed by atoms with Crippen LogP contribution >= 0.6 is 11.3 Å². The number of rotatable bonds is 5. The van der Waals surface area contributed by atoms with Crippen molar-refractivity contribution in [3.63, 3.8) is 0 Å². The molecule has 0 saturated heterocycles. The van der Waals surface area contributed by atoms with Crippen LogP contribution in [0, 0.1) is 10.1 Å². The van der Waals surface area contributed by atoms with Crippen molar-refractivity contribution in [3.8, 4) is 0 Å². The minimum atomic E-state index is -0.490. The number of hydrogen-bond donors (Lipinski definition) is 1. The van der Waals surface area contributed by atoms with Gasteiger partial charge in [-0.2, -0.15) is 0 Å². The van der Waals surface area contributed by atoms with Gasteiger partial charge in [0.2, 0.25) is 11.0 Å². The lowest BCUT2D eigenvalue weighted by molar-refractivity contribution is -0.385. The minimum absolute atomic E-state index is 0.0502. The molecule has 7 nitrogen and oxygen atoms in total. The first-order valence-corrected chi connectivity index (χ1v) is 6.96. The summed E-state index contributed by atoms with van der Waals surface area (Å²) in [5.74, 6) is -0.410. The first-order valence-electron chi connectivity index (χ1n) is 6.15. The number of carbonyl (C=O) groups excluding carboxylic acids is 1. The molecular weight excluding hydrogens is 292 g/mol. The lowest BCUT2D eigenvalue weighted by atomic mass is 10.1. The van der Waals surface area contributed by atoms with Gasteiger partial charge in [-0.1, -0.05) is 30.4 Å². The van der Waals surface area contributed by atoms with Gasteiger partial charge < -0.3 is 0 Å².